The molecule has 0 radical (unpaired) electrons. The van der Waals surface area contributed by atoms with E-state index in [1.165, 1.54) is 16.7 Å². The molecule has 30 heavy (non-hydrogen) atoms. The molecule has 2 aromatic carbocycles. The maximum absolute atomic E-state index is 12.9. The molecule has 0 spiro atoms. The maximum Gasteiger partial charge on any atom is 0.327 e. The molecule has 0 bridgehead atoms. The summed E-state index contributed by atoms with van der Waals surface area (Å²) in [6, 6.07) is 9.81. The van der Waals surface area contributed by atoms with E-state index < -0.39 is 45.5 Å². The van der Waals surface area contributed by atoms with Crippen LogP contribution < -0.4 is 11.1 Å². The zero-order valence-electron chi connectivity index (χ0n) is 17.3. The average molecular weight is 428 g/mol. The Morgan fingerprint density at radius 1 is 1.17 bits per heavy atom. The third kappa shape index (κ3) is 2.97. The van der Waals surface area contributed by atoms with Gasteiger partial charge in [0.2, 0.25) is 5.91 Å². The summed E-state index contributed by atoms with van der Waals surface area (Å²) in [5.41, 5.74) is 6.80. The van der Waals surface area contributed by atoms with Crippen molar-refractivity contribution in [2.75, 3.05) is 0 Å². The van der Waals surface area contributed by atoms with Gasteiger partial charge in [-0.2, -0.15) is 0 Å². The van der Waals surface area contributed by atoms with Crippen LogP contribution >= 0.6 is 11.8 Å². The van der Waals surface area contributed by atoms with E-state index in [1.54, 1.807) is 20.8 Å². The second-order valence-corrected chi connectivity index (χ2v) is 10.5. The lowest BCUT2D eigenvalue weighted by molar-refractivity contribution is -0.168. The Balaban J connectivity index is 1.55. The summed E-state index contributed by atoms with van der Waals surface area (Å²) >= 11 is 1.39. The molecule has 2 fully saturated rings. The molecule has 2 amide bonds. The minimum atomic E-state index is -1.19. The number of aryl methyl sites for hydroxylation is 1. The number of fused-ring (bicyclic) bond motifs is 2. The number of nitrogens with two attached hydrogens (primary N) is 1. The standard InChI is InChI=1S/C22H25N3O4S/c1-11-5-6-12-7-8-13(10-14(12)9-11)15(23)17(26)24-22(4)19(29)25-16(18(27)28)21(2,3)30-20(22)25/h5-10,15-16,20H,23H2,1-4H3,(H,24,26)(H,27,28)/t15?,16-,20+,22-/m0/s1. The number of β-lactam (4-membered cyclic amide) rings is 1. The van der Waals surface area contributed by atoms with Crippen molar-refractivity contribution in [1.82, 2.24) is 10.2 Å². The van der Waals surface area contributed by atoms with E-state index in [1.807, 2.05) is 43.3 Å². The second-order valence-electron chi connectivity index (χ2n) is 8.81. The highest BCUT2D eigenvalue weighted by atomic mass is 32.2. The van der Waals surface area contributed by atoms with Gasteiger partial charge in [0.15, 0.2) is 0 Å². The molecular formula is C22H25N3O4S. The molecule has 158 valence electrons. The minimum absolute atomic E-state index is 0.396. The van der Waals surface area contributed by atoms with Gasteiger partial charge in [0.1, 0.15) is 23.0 Å². The molecular weight excluding hydrogens is 402 g/mol. The van der Waals surface area contributed by atoms with Crippen LogP contribution in [0.1, 0.15) is 37.9 Å². The molecule has 0 aliphatic carbocycles. The van der Waals surface area contributed by atoms with Gasteiger partial charge in [-0.3, -0.25) is 9.59 Å². The lowest BCUT2D eigenvalue weighted by Gasteiger charge is -2.51. The van der Waals surface area contributed by atoms with Gasteiger partial charge in [-0.15, -0.1) is 11.8 Å². The predicted octanol–water partition coefficient (Wildman–Crippen LogP) is 2.17. The van der Waals surface area contributed by atoms with Gasteiger partial charge in [-0.05, 0) is 50.1 Å². The molecule has 4 N–H and O–H groups in total. The highest BCUT2D eigenvalue weighted by Crippen LogP contribution is 2.54. The van der Waals surface area contributed by atoms with Crippen LogP contribution in [0.25, 0.3) is 10.8 Å². The van der Waals surface area contributed by atoms with E-state index in [4.69, 9.17) is 5.73 Å². The maximum atomic E-state index is 12.9. The summed E-state index contributed by atoms with van der Waals surface area (Å²) in [4.78, 5) is 38.9. The molecule has 2 aliphatic rings. The minimum Gasteiger partial charge on any atom is -0.480 e. The summed E-state index contributed by atoms with van der Waals surface area (Å²) < 4.78 is -0.660. The van der Waals surface area contributed by atoms with E-state index in [-0.39, 0.29) is 0 Å². The summed E-state index contributed by atoms with van der Waals surface area (Å²) in [5, 5.41) is 14.0. The number of carbonyl (C=O) groups excluding carboxylic acids is 2. The summed E-state index contributed by atoms with van der Waals surface area (Å²) in [6.45, 7) is 7.23. The molecule has 2 aromatic rings. The SMILES string of the molecule is Cc1ccc2ccc(C(N)C(=O)N[C@@]3(C)C(=O)N4[C@@H](C(=O)O)C(C)(C)S[C@@H]43)cc2c1. The topological polar surface area (TPSA) is 113 Å². The van der Waals surface area contributed by atoms with Gasteiger partial charge in [0.05, 0.1) is 0 Å². The van der Waals surface area contributed by atoms with Crippen molar-refractivity contribution >= 4 is 40.3 Å². The van der Waals surface area contributed by atoms with Crippen molar-refractivity contribution < 1.29 is 19.5 Å². The fourth-order valence-electron chi connectivity index (χ4n) is 4.40. The first kappa shape index (κ1) is 20.7. The Bertz CT molecular complexity index is 1090. The number of benzene rings is 2. The Labute approximate surface area is 179 Å². The van der Waals surface area contributed by atoms with Crippen molar-refractivity contribution in [1.29, 1.82) is 0 Å². The first-order chi connectivity index (χ1) is 14.0. The highest BCUT2D eigenvalue weighted by Gasteiger charge is 2.70. The number of hydrogen-bond donors (Lipinski definition) is 3. The summed E-state index contributed by atoms with van der Waals surface area (Å²) in [7, 11) is 0. The lowest BCUT2D eigenvalue weighted by Crippen LogP contribution is -2.78. The molecule has 8 heteroatoms. The smallest absolute Gasteiger partial charge is 0.327 e. The van der Waals surface area contributed by atoms with Gasteiger partial charge in [-0.1, -0.05) is 35.9 Å². The van der Waals surface area contributed by atoms with Crippen LogP contribution in [0.15, 0.2) is 36.4 Å². The van der Waals surface area contributed by atoms with Gasteiger partial charge in [0.25, 0.3) is 5.91 Å². The van der Waals surface area contributed by atoms with E-state index in [0.717, 1.165) is 16.3 Å². The van der Waals surface area contributed by atoms with E-state index >= 15 is 0 Å². The number of aliphatic carboxylic acids is 1. The van der Waals surface area contributed by atoms with Crippen LogP contribution in [0.2, 0.25) is 0 Å². The van der Waals surface area contributed by atoms with Crippen molar-refractivity contribution in [3.05, 3.63) is 47.5 Å². The van der Waals surface area contributed by atoms with Crippen molar-refractivity contribution in [3.8, 4) is 0 Å². The zero-order valence-corrected chi connectivity index (χ0v) is 18.1. The quantitative estimate of drug-likeness (QED) is 0.645. The lowest BCUT2D eigenvalue weighted by atomic mass is 9.85. The van der Waals surface area contributed by atoms with Gasteiger partial charge in [0, 0.05) is 4.75 Å². The Kier molecular flexibility index (Phi) is 4.63. The van der Waals surface area contributed by atoms with Gasteiger partial charge in [-0.25, -0.2) is 4.79 Å². The number of carboxylic acids is 1. The van der Waals surface area contributed by atoms with E-state index in [0.29, 0.717) is 5.56 Å². The summed E-state index contributed by atoms with van der Waals surface area (Å²) in [5.74, 6) is -1.90. The molecule has 2 heterocycles. The number of thioether (sulfide) groups is 1. The average Bonchev–Trinajstić information content (AvgIpc) is 2.96. The first-order valence-corrected chi connectivity index (χ1v) is 10.6. The molecule has 4 atom stereocenters. The van der Waals surface area contributed by atoms with Gasteiger partial charge >= 0.3 is 5.97 Å². The van der Waals surface area contributed by atoms with Crippen LogP contribution in [0.5, 0.6) is 0 Å². The van der Waals surface area contributed by atoms with Crippen molar-refractivity contribution in [2.45, 2.75) is 55.4 Å². The Morgan fingerprint density at radius 3 is 2.50 bits per heavy atom. The molecule has 2 saturated heterocycles. The van der Waals surface area contributed by atoms with Gasteiger partial charge < -0.3 is 21.1 Å². The third-order valence-electron chi connectivity index (χ3n) is 6.06. The van der Waals surface area contributed by atoms with Crippen molar-refractivity contribution in [3.63, 3.8) is 0 Å². The fourth-order valence-corrected chi connectivity index (χ4v) is 6.05. The normalized spacial score (nSPS) is 28.0. The number of carboxylic acid groups (broad SMARTS) is 1. The molecule has 7 nitrogen and oxygen atoms in total. The number of amides is 2. The molecule has 2 aliphatic heterocycles. The third-order valence-corrected chi connectivity index (χ3v) is 7.81. The Hall–Kier alpha value is -2.58. The predicted molar refractivity (Wildman–Crippen MR) is 116 cm³/mol. The van der Waals surface area contributed by atoms with E-state index in [9.17, 15) is 19.5 Å². The first-order valence-electron chi connectivity index (χ1n) is 9.77. The van der Waals surface area contributed by atoms with Crippen LogP contribution in [0.3, 0.4) is 0 Å². The molecule has 1 unspecified atom stereocenters. The van der Waals surface area contributed by atoms with Crippen LogP contribution in [-0.2, 0) is 14.4 Å². The number of rotatable bonds is 4. The van der Waals surface area contributed by atoms with Crippen molar-refractivity contribution in [2.24, 2.45) is 5.73 Å². The number of carbonyl (C=O) groups is 3. The number of hydrogen-bond acceptors (Lipinski definition) is 5. The molecule has 0 saturated carbocycles. The largest absolute Gasteiger partial charge is 0.480 e. The fraction of sp³-hybridized carbons (Fsp3) is 0.409. The molecule has 0 aromatic heterocycles. The summed E-state index contributed by atoms with van der Waals surface area (Å²) in [6.07, 6.45) is 0. The monoisotopic (exact) mass is 427 g/mol. The number of nitrogens with one attached hydrogen (secondary N) is 1. The van der Waals surface area contributed by atoms with Crippen LogP contribution in [-0.4, -0.2) is 49.5 Å². The molecule has 4 rings (SSSR count). The van der Waals surface area contributed by atoms with Crippen LogP contribution in [0, 0.1) is 6.92 Å². The Morgan fingerprint density at radius 2 is 1.83 bits per heavy atom. The zero-order chi connectivity index (χ0) is 22.0. The van der Waals surface area contributed by atoms with E-state index in [2.05, 4.69) is 5.32 Å². The number of nitrogens with zero attached hydrogens (tertiary/aromatic N) is 1. The highest BCUT2D eigenvalue weighted by molar-refractivity contribution is 8.01. The second kappa shape index (κ2) is 6.72. The van der Waals surface area contributed by atoms with Crippen LogP contribution in [0.4, 0.5) is 0 Å².